The number of carbonyl (C=O) groups is 1. The van der Waals surface area contributed by atoms with Crippen LogP contribution in [0.25, 0.3) is 0 Å². The second-order valence-electron chi connectivity index (χ2n) is 5.56. The Kier molecular flexibility index (Phi) is 4.70. The van der Waals surface area contributed by atoms with Gasteiger partial charge in [0.1, 0.15) is 6.61 Å². The maximum atomic E-state index is 12.4. The third-order valence-electron chi connectivity index (χ3n) is 4.23. The summed E-state index contributed by atoms with van der Waals surface area (Å²) >= 11 is 1.70. The highest BCUT2D eigenvalue weighted by Gasteiger charge is 2.30. The van der Waals surface area contributed by atoms with Gasteiger partial charge in [0.15, 0.2) is 0 Å². The summed E-state index contributed by atoms with van der Waals surface area (Å²) in [7, 11) is 0. The topological polar surface area (TPSA) is 41.6 Å². The van der Waals surface area contributed by atoms with E-state index in [1.165, 1.54) is 5.56 Å². The van der Waals surface area contributed by atoms with Crippen LogP contribution >= 0.6 is 11.3 Å². The molecule has 0 bridgehead atoms. The molecule has 1 aromatic rings. The predicted octanol–water partition coefficient (Wildman–Crippen LogP) is 2.18. The van der Waals surface area contributed by atoms with Gasteiger partial charge < -0.3 is 15.0 Å². The first kappa shape index (κ1) is 14.0. The molecule has 110 valence electrons. The normalized spacial score (nSPS) is 24.2. The van der Waals surface area contributed by atoms with E-state index in [-0.39, 0.29) is 24.7 Å². The highest BCUT2D eigenvalue weighted by atomic mass is 32.1. The summed E-state index contributed by atoms with van der Waals surface area (Å²) in [6.07, 6.45) is 4.46. The quantitative estimate of drug-likeness (QED) is 0.925. The molecular formula is C15H22N2O2S. The number of hydrogen-bond donors (Lipinski definition) is 1. The molecule has 1 atom stereocenters. The van der Waals surface area contributed by atoms with Gasteiger partial charge in [-0.3, -0.25) is 4.79 Å². The van der Waals surface area contributed by atoms with E-state index in [9.17, 15) is 4.79 Å². The standard InChI is InChI=1S/C15H22N2O2S/c18-15(10-19-13-3-6-16-7-4-13)17-8-1-2-14(17)12-5-9-20-11-12/h5,9,11,13-14,16H,1-4,6-8,10H2. The van der Waals surface area contributed by atoms with Crippen molar-refractivity contribution in [2.75, 3.05) is 26.2 Å². The average Bonchev–Trinajstić information content (AvgIpc) is 3.15. The van der Waals surface area contributed by atoms with Crippen molar-refractivity contribution in [1.29, 1.82) is 0 Å². The van der Waals surface area contributed by atoms with E-state index < -0.39 is 0 Å². The summed E-state index contributed by atoms with van der Waals surface area (Å²) in [5.41, 5.74) is 1.28. The molecule has 3 rings (SSSR count). The fourth-order valence-electron chi connectivity index (χ4n) is 3.11. The molecular weight excluding hydrogens is 272 g/mol. The lowest BCUT2D eigenvalue weighted by molar-refractivity contribution is -0.139. The Morgan fingerprint density at radius 3 is 3.00 bits per heavy atom. The molecule has 1 unspecified atom stereocenters. The third kappa shape index (κ3) is 3.22. The molecule has 0 aromatic carbocycles. The van der Waals surface area contributed by atoms with Crippen molar-refractivity contribution >= 4 is 17.2 Å². The van der Waals surface area contributed by atoms with Crippen LogP contribution < -0.4 is 5.32 Å². The van der Waals surface area contributed by atoms with Gasteiger partial charge in [-0.1, -0.05) is 0 Å². The molecule has 0 saturated carbocycles. The van der Waals surface area contributed by atoms with Gasteiger partial charge in [-0.05, 0) is 61.2 Å². The summed E-state index contributed by atoms with van der Waals surface area (Å²) in [5.74, 6) is 0.150. The molecule has 0 aliphatic carbocycles. The van der Waals surface area contributed by atoms with Crippen molar-refractivity contribution in [3.63, 3.8) is 0 Å². The minimum absolute atomic E-state index is 0.150. The molecule has 4 nitrogen and oxygen atoms in total. The van der Waals surface area contributed by atoms with Crippen molar-refractivity contribution in [3.8, 4) is 0 Å². The van der Waals surface area contributed by atoms with Crippen molar-refractivity contribution in [2.24, 2.45) is 0 Å². The van der Waals surface area contributed by atoms with E-state index in [0.29, 0.717) is 0 Å². The number of piperidine rings is 1. The zero-order chi connectivity index (χ0) is 13.8. The van der Waals surface area contributed by atoms with Crippen molar-refractivity contribution in [3.05, 3.63) is 22.4 Å². The number of hydrogen-bond acceptors (Lipinski definition) is 4. The average molecular weight is 294 g/mol. The zero-order valence-corrected chi connectivity index (χ0v) is 12.5. The van der Waals surface area contributed by atoms with Crippen LogP contribution in [-0.4, -0.2) is 43.2 Å². The van der Waals surface area contributed by atoms with E-state index in [4.69, 9.17) is 4.74 Å². The largest absolute Gasteiger partial charge is 0.368 e. The molecule has 0 radical (unpaired) electrons. The lowest BCUT2D eigenvalue weighted by atomic mass is 10.1. The van der Waals surface area contributed by atoms with Crippen LogP contribution in [-0.2, 0) is 9.53 Å². The highest BCUT2D eigenvalue weighted by Crippen LogP contribution is 2.33. The van der Waals surface area contributed by atoms with Gasteiger partial charge >= 0.3 is 0 Å². The molecule has 1 N–H and O–H groups in total. The molecule has 20 heavy (non-hydrogen) atoms. The van der Waals surface area contributed by atoms with Crippen molar-refractivity contribution in [2.45, 2.75) is 37.8 Å². The summed E-state index contributed by atoms with van der Waals surface area (Å²) in [5, 5.41) is 7.55. The van der Waals surface area contributed by atoms with Crippen molar-refractivity contribution < 1.29 is 9.53 Å². The van der Waals surface area contributed by atoms with Gasteiger partial charge in [-0.2, -0.15) is 11.3 Å². The maximum absolute atomic E-state index is 12.4. The highest BCUT2D eigenvalue weighted by molar-refractivity contribution is 7.07. The first-order chi connectivity index (χ1) is 9.84. The van der Waals surface area contributed by atoms with Crippen LogP contribution in [0.4, 0.5) is 0 Å². The van der Waals surface area contributed by atoms with Crippen LogP contribution in [0.15, 0.2) is 16.8 Å². The Morgan fingerprint density at radius 1 is 1.40 bits per heavy atom. The van der Waals surface area contributed by atoms with Crippen LogP contribution in [0.5, 0.6) is 0 Å². The molecule has 3 heterocycles. The molecule has 2 fully saturated rings. The summed E-state index contributed by atoms with van der Waals surface area (Å²) in [6.45, 7) is 3.11. The Balaban J connectivity index is 1.53. The smallest absolute Gasteiger partial charge is 0.249 e. The third-order valence-corrected chi connectivity index (χ3v) is 4.93. The summed E-state index contributed by atoms with van der Waals surface area (Å²) in [6, 6.07) is 2.40. The molecule has 1 amide bonds. The number of nitrogens with one attached hydrogen (secondary N) is 1. The van der Waals surface area contributed by atoms with E-state index >= 15 is 0 Å². The maximum Gasteiger partial charge on any atom is 0.249 e. The predicted molar refractivity (Wildman–Crippen MR) is 79.9 cm³/mol. The second-order valence-corrected chi connectivity index (χ2v) is 6.34. The zero-order valence-electron chi connectivity index (χ0n) is 11.7. The van der Waals surface area contributed by atoms with Gasteiger partial charge in [0.25, 0.3) is 0 Å². The Morgan fingerprint density at radius 2 is 2.25 bits per heavy atom. The van der Waals surface area contributed by atoms with E-state index in [1.54, 1.807) is 11.3 Å². The molecule has 0 spiro atoms. The lowest BCUT2D eigenvalue weighted by Crippen LogP contribution is -2.37. The number of amides is 1. The van der Waals surface area contributed by atoms with Crippen molar-refractivity contribution in [1.82, 2.24) is 10.2 Å². The number of ether oxygens (including phenoxy) is 1. The van der Waals surface area contributed by atoms with Crippen LogP contribution in [0.3, 0.4) is 0 Å². The van der Waals surface area contributed by atoms with Gasteiger partial charge in [0, 0.05) is 6.54 Å². The van der Waals surface area contributed by atoms with Gasteiger partial charge in [0.2, 0.25) is 5.91 Å². The molecule has 2 saturated heterocycles. The fraction of sp³-hybridized carbons (Fsp3) is 0.667. The van der Waals surface area contributed by atoms with Gasteiger partial charge in [-0.15, -0.1) is 0 Å². The molecule has 5 heteroatoms. The van der Waals surface area contributed by atoms with Crippen LogP contribution in [0.1, 0.15) is 37.3 Å². The Labute approximate surface area is 124 Å². The van der Waals surface area contributed by atoms with E-state index in [0.717, 1.165) is 45.3 Å². The fourth-order valence-corrected chi connectivity index (χ4v) is 3.82. The van der Waals surface area contributed by atoms with E-state index in [1.807, 2.05) is 4.90 Å². The number of thiophene rings is 1. The number of likely N-dealkylation sites (tertiary alicyclic amines) is 1. The molecule has 2 aliphatic rings. The number of rotatable bonds is 4. The monoisotopic (exact) mass is 294 g/mol. The minimum atomic E-state index is 0.150. The summed E-state index contributed by atoms with van der Waals surface area (Å²) in [4.78, 5) is 14.4. The first-order valence-electron chi connectivity index (χ1n) is 7.48. The van der Waals surface area contributed by atoms with E-state index in [2.05, 4.69) is 22.1 Å². The van der Waals surface area contributed by atoms with Crippen LogP contribution in [0, 0.1) is 0 Å². The molecule has 2 aliphatic heterocycles. The van der Waals surface area contributed by atoms with Crippen LogP contribution in [0.2, 0.25) is 0 Å². The first-order valence-corrected chi connectivity index (χ1v) is 8.43. The second kappa shape index (κ2) is 6.70. The number of carbonyl (C=O) groups excluding carboxylic acids is 1. The summed E-state index contributed by atoms with van der Waals surface area (Å²) < 4.78 is 5.79. The molecule has 1 aromatic heterocycles. The Bertz CT molecular complexity index is 429. The van der Waals surface area contributed by atoms with Gasteiger partial charge in [0.05, 0.1) is 12.1 Å². The minimum Gasteiger partial charge on any atom is -0.368 e. The SMILES string of the molecule is O=C(COC1CCNCC1)N1CCCC1c1ccsc1. The number of nitrogens with zero attached hydrogens (tertiary/aromatic N) is 1. The van der Waals surface area contributed by atoms with Gasteiger partial charge in [-0.25, -0.2) is 0 Å². The lowest BCUT2D eigenvalue weighted by Gasteiger charge is -2.27. The Hall–Kier alpha value is -0.910.